The lowest BCUT2D eigenvalue weighted by Crippen LogP contribution is -3.10. The zero-order valence-corrected chi connectivity index (χ0v) is 18.5. The fourth-order valence-electron chi connectivity index (χ4n) is 5.21. The lowest BCUT2D eigenvalue weighted by molar-refractivity contribution is -0.905. The summed E-state index contributed by atoms with van der Waals surface area (Å²) < 4.78 is 1.25. The monoisotopic (exact) mass is 420 g/mol. The molecule has 3 atom stereocenters. The zero-order valence-electron chi connectivity index (χ0n) is 17.6. The first-order valence-corrected chi connectivity index (χ1v) is 12.0. The highest BCUT2D eigenvalue weighted by molar-refractivity contribution is 7.18. The number of nitrogens with zero attached hydrogens (tertiary/aromatic N) is 2. The Labute approximate surface area is 182 Å². The van der Waals surface area contributed by atoms with Crippen LogP contribution >= 0.6 is 11.3 Å². The molecule has 3 aromatic rings. The first kappa shape index (κ1) is 19.7. The maximum absolute atomic E-state index is 13.2. The van der Waals surface area contributed by atoms with Gasteiger partial charge in [-0.1, -0.05) is 36.4 Å². The molecule has 1 aromatic heterocycles. The number of rotatable bonds is 4. The molecule has 1 saturated heterocycles. The maximum Gasteiger partial charge on any atom is 0.277 e. The Morgan fingerprint density at radius 2 is 1.97 bits per heavy atom. The van der Waals surface area contributed by atoms with E-state index in [4.69, 9.17) is 4.98 Å². The average molecular weight is 421 g/mol. The van der Waals surface area contributed by atoms with Gasteiger partial charge in [-0.25, -0.2) is 4.98 Å². The van der Waals surface area contributed by atoms with Crippen LogP contribution in [0.4, 0.5) is 0 Å². The summed E-state index contributed by atoms with van der Waals surface area (Å²) in [5, 5.41) is 1.19. The summed E-state index contributed by atoms with van der Waals surface area (Å²) in [6.07, 6.45) is 5.75. The molecule has 0 saturated carbocycles. The summed E-state index contributed by atoms with van der Waals surface area (Å²) in [5.41, 5.74) is 4.00. The van der Waals surface area contributed by atoms with Crippen LogP contribution in [0.5, 0.6) is 0 Å². The first-order valence-electron chi connectivity index (χ1n) is 11.2. The van der Waals surface area contributed by atoms with Gasteiger partial charge in [0.1, 0.15) is 6.04 Å². The molecule has 2 heterocycles. The van der Waals surface area contributed by atoms with Gasteiger partial charge in [0, 0.05) is 31.0 Å². The Kier molecular flexibility index (Phi) is 5.57. The minimum atomic E-state index is 0.293. The third kappa shape index (κ3) is 3.88. The predicted octanol–water partition coefficient (Wildman–Crippen LogP) is 3.59. The zero-order chi connectivity index (χ0) is 20.5. The van der Waals surface area contributed by atoms with Crippen molar-refractivity contribution >= 4 is 27.5 Å². The molecule has 0 bridgehead atoms. The van der Waals surface area contributed by atoms with Crippen molar-refractivity contribution in [2.45, 2.75) is 44.1 Å². The number of fused-ring (bicyclic) bond motifs is 2. The van der Waals surface area contributed by atoms with Crippen LogP contribution in [0.15, 0.2) is 48.5 Å². The van der Waals surface area contributed by atoms with E-state index in [0.29, 0.717) is 24.4 Å². The van der Waals surface area contributed by atoms with Crippen LogP contribution in [-0.2, 0) is 11.2 Å². The highest BCUT2D eigenvalue weighted by Crippen LogP contribution is 2.33. The normalized spacial score (nSPS) is 22.6. The largest absolute Gasteiger partial charge is 0.337 e. The van der Waals surface area contributed by atoms with Gasteiger partial charge in [0.25, 0.3) is 5.91 Å². The van der Waals surface area contributed by atoms with E-state index in [2.05, 4.69) is 54.4 Å². The molecular formula is C25H30N3OS+. The quantitative estimate of drug-likeness (QED) is 0.700. The summed E-state index contributed by atoms with van der Waals surface area (Å²) in [4.78, 5) is 21.5. The van der Waals surface area contributed by atoms with Gasteiger partial charge in [-0.05, 0) is 43.4 Å². The standard InChI is InChI=1S/C25H29N3OS/c1-27(22-13-6-9-18-8-2-3-11-20(18)22)17-24(29)28-15-7-10-19(16-28)25-26-21-12-4-5-14-23(21)30-25/h2-5,8,11-12,14,19,22H,6-7,9-10,13,15-17H2,1H3/p+1/t19-,22+/m0/s1. The Hall–Kier alpha value is -2.24. The number of likely N-dealkylation sites (tertiary alicyclic amines) is 1. The fraction of sp³-hybridized carbons (Fsp3) is 0.440. The molecule has 1 unspecified atom stereocenters. The number of carbonyl (C=O) groups is 1. The van der Waals surface area contributed by atoms with Gasteiger partial charge in [0.05, 0.1) is 22.3 Å². The summed E-state index contributed by atoms with van der Waals surface area (Å²) >= 11 is 1.79. The molecule has 4 nitrogen and oxygen atoms in total. The number of nitrogens with one attached hydrogen (secondary N) is 1. The lowest BCUT2D eigenvalue weighted by Gasteiger charge is -2.34. The van der Waals surface area contributed by atoms with E-state index >= 15 is 0 Å². The molecule has 0 spiro atoms. The van der Waals surface area contributed by atoms with E-state index in [1.807, 2.05) is 6.07 Å². The van der Waals surface area contributed by atoms with Crippen LogP contribution in [-0.4, -0.2) is 42.5 Å². The molecule has 1 fully saturated rings. The molecule has 1 aliphatic carbocycles. The number of aromatic nitrogens is 1. The summed E-state index contributed by atoms with van der Waals surface area (Å²) in [6, 6.07) is 17.6. The summed E-state index contributed by atoms with van der Waals surface area (Å²) in [5.74, 6) is 0.664. The van der Waals surface area contributed by atoms with E-state index in [0.717, 1.165) is 31.4 Å². The number of amides is 1. The lowest BCUT2D eigenvalue weighted by atomic mass is 9.87. The van der Waals surface area contributed by atoms with Crippen molar-refractivity contribution in [3.8, 4) is 0 Å². The van der Waals surface area contributed by atoms with Crippen molar-refractivity contribution in [2.24, 2.45) is 0 Å². The third-order valence-electron chi connectivity index (χ3n) is 6.83. The minimum absolute atomic E-state index is 0.293. The Balaban J connectivity index is 1.26. The van der Waals surface area contributed by atoms with Crippen LogP contribution in [0.2, 0.25) is 0 Å². The molecule has 30 heavy (non-hydrogen) atoms. The summed E-state index contributed by atoms with van der Waals surface area (Å²) in [7, 11) is 2.19. The van der Waals surface area contributed by atoms with Crippen LogP contribution in [0.25, 0.3) is 10.2 Å². The number of carbonyl (C=O) groups excluding carboxylic acids is 1. The molecule has 5 heteroatoms. The average Bonchev–Trinajstić information content (AvgIpc) is 3.23. The highest BCUT2D eigenvalue weighted by Gasteiger charge is 2.32. The van der Waals surface area contributed by atoms with Gasteiger partial charge in [-0.2, -0.15) is 0 Å². The van der Waals surface area contributed by atoms with Crippen LogP contribution in [0.1, 0.15) is 53.8 Å². The van der Waals surface area contributed by atoms with E-state index in [-0.39, 0.29) is 0 Å². The van der Waals surface area contributed by atoms with Crippen molar-refractivity contribution in [1.29, 1.82) is 0 Å². The number of hydrogen-bond acceptors (Lipinski definition) is 3. The molecular weight excluding hydrogens is 390 g/mol. The van der Waals surface area contributed by atoms with Gasteiger partial charge in [0.2, 0.25) is 0 Å². The molecule has 1 aliphatic heterocycles. The molecule has 156 valence electrons. The molecule has 1 N–H and O–H groups in total. The number of aryl methyl sites for hydroxylation is 1. The van der Waals surface area contributed by atoms with Crippen LogP contribution < -0.4 is 4.90 Å². The number of quaternary nitrogens is 1. The second-order valence-electron chi connectivity index (χ2n) is 8.87. The van der Waals surface area contributed by atoms with Gasteiger partial charge in [-0.3, -0.25) is 4.79 Å². The molecule has 0 radical (unpaired) electrons. The summed E-state index contributed by atoms with van der Waals surface area (Å²) in [6.45, 7) is 2.27. The number of hydrogen-bond donors (Lipinski definition) is 1. The number of likely N-dealkylation sites (N-methyl/N-ethyl adjacent to an activating group) is 1. The van der Waals surface area contributed by atoms with Crippen molar-refractivity contribution in [3.05, 3.63) is 64.7 Å². The molecule has 2 aromatic carbocycles. The third-order valence-corrected chi connectivity index (χ3v) is 8.03. The second kappa shape index (κ2) is 8.48. The smallest absolute Gasteiger partial charge is 0.277 e. The topological polar surface area (TPSA) is 37.6 Å². The first-order chi connectivity index (χ1) is 14.7. The van der Waals surface area contributed by atoms with Crippen molar-refractivity contribution in [3.63, 3.8) is 0 Å². The Bertz CT molecular complexity index is 1010. The maximum atomic E-state index is 13.2. The molecule has 2 aliphatic rings. The molecule has 5 rings (SSSR count). The van der Waals surface area contributed by atoms with Crippen molar-refractivity contribution < 1.29 is 9.69 Å². The van der Waals surface area contributed by atoms with Crippen LogP contribution in [0.3, 0.4) is 0 Å². The fourth-order valence-corrected chi connectivity index (χ4v) is 6.30. The van der Waals surface area contributed by atoms with E-state index in [1.165, 1.54) is 45.0 Å². The van der Waals surface area contributed by atoms with Gasteiger partial charge >= 0.3 is 0 Å². The van der Waals surface area contributed by atoms with Crippen molar-refractivity contribution in [2.75, 3.05) is 26.7 Å². The van der Waals surface area contributed by atoms with E-state index in [1.54, 1.807) is 11.3 Å². The molecule has 1 amide bonds. The minimum Gasteiger partial charge on any atom is -0.337 e. The Morgan fingerprint density at radius 1 is 1.13 bits per heavy atom. The highest BCUT2D eigenvalue weighted by atomic mass is 32.1. The Morgan fingerprint density at radius 3 is 2.87 bits per heavy atom. The van der Waals surface area contributed by atoms with Gasteiger partial charge in [0.15, 0.2) is 6.54 Å². The van der Waals surface area contributed by atoms with E-state index < -0.39 is 0 Å². The number of thiazole rings is 1. The van der Waals surface area contributed by atoms with Crippen molar-refractivity contribution in [1.82, 2.24) is 9.88 Å². The predicted molar refractivity (Wildman–Crippen MR) is 122 cm³/mol. The van der Waals surface area contributed by atoms with Gasteiger partial charge < -0.3 is 9.80 Å². The number of piperidine rings is 1. The van der Waals surface area contributed by atoms with Crippen LogP contribution in [0, 0.1) is 0 Å². The van der Waals surface area contributed by atoms with E-state index in [9.17, 15) is 4.79 Å². The SMILES string of the molecule is C[NH+](CC(=O)N1CCC[C@H](c2nc3ccccc3s2)C1)[C@@H]1CCCc2ccccc21. The number of para-hydroxylation sites is 1. The second-order valence-corrected chi connectivity index (χ2v) is 9.93. The van der Waals surface area contributed by atoms with Gasteiger partial charge in [-0.15, -0.1) is 11.3 Å². The number of benzene rings is 2.